The van der Waals surface area contributed by atoms with Crippen molar-refractivity contribution in [3.63, 3.8) is 0 Å². The maximum Gasteiger partial charge on any atom is 0.271 e. The molecule has 34 heavy (non-hydrogen) atoms. The molecule has 9 heteroatoms. The summed E-state index contributed by atoms with van der Waals surface area (Å²) in [5.74, 6) is 0.665. The van der Waals surface area contributed by atoms with Crippen molar-refractivity contribution in [2.45, 2.75) is 20.3 Å². The Balaban J connectivity index is 1.65. The molecule has 1 aromatic heterocycles. The molecule has 0 aliphatic carbocycles. The molecule has 0 bridgehead atoms. The largest absolute Gasteiger partial charge is 0.494 e. The minimum absolute atomic E-state index is 0.00927. The first-order valence-corrected chi connectivity index (χ1v) is 11.8. The SMILES string of the molecule is CCCN1C(=O)/C(=C/c2cccn2-c2cccc([N+](=O)[O-])c2)SC1=Nc1ccc(OCC)cc1. The molecule has 1 saturated heterocycles. The lowest BCUT2D eigenvalue weighted by Crippen LogP contribution is -2.29. The molecule has 2 heterocycles. The molecule has 4 rings (SSSR count). The quantitative estimate of drug-likeness (QED) is 0.233. The Morgan fingerprint density at radius 2 is 1.91 bits per heavy atom. The van der Waals surface area contributed by atoms with Crippen LogP contribution >= 0.6 is 11.8 Å². The predicted octanol–water partition coefficient (Wildman–Crippen LogP) is 5.80. The van der Waals surface area contributed by atoms with Gasteiger partial charge in [-0.1, -0.05) is 13.0 Å². The standard InChI is InChI=1S/C25H24N4O4S/c1-3-14-28-24(30)23(34-25(28)26-18-10-12-22(13-11-18)33-4-2)17-20-9-6-15-27(20)19-7-5-8-21(16-19)29(31)32/h5-13,15-17H,3-4,14H2,1-2H3/b23-17-,26-25?. The molecule has 174 valence electrons. The number of non-ortho nitro benzene ring substituents is 1. The van der Waals surface area contributed by atoms with Crippen molar-refractivity contribution in [2.24, 2.45) is 4.99 Å². The van der Waals surface area contributed by atoms with E-state index >= 15 is 0 Å². The Morgan fingerprint density at radius 3 is 2.62 bits per heavy atom. The van der Waals surface area contributed by atoms with Crippen molar-refractivity contribution in [1.29, 1.82) is 0 Å². The first-order valence-electron chi connectivity index (χ1n) is 10.9. The Kier molecular flexibility index (Phi) is 7.12. The Labute approximate surface area is 201 Å². The molecular weight excluding hydrogens is 452 g/mol. The van der Waals surface area contributed by atoms with Crippen LogP contribution in [-0.4, -0.2) is 38.6 Å². The van der Waals surface area contributed by atoms with Crippen LogP contribution < -0.4 is 4.74 Å². The van der Waals surface area contributed by atoms with E-state index in [4.69, 9.17) is 9.73 Å². The number of aliphatic imine (C=N–C) groups is 1. The highest BCUT2D eigenvalue weighted by Gasteiger charge is 2.33. The van der Waals surface area contributed by atoms with Crippen molar-refractivity contribution in [2.75, 3.05) is 13.2 Å². The number of carbonyl (C=O) groups is 1. The van der Waals surface area contributed by atoms with E-state index in [0.29, 0.717) is 28.9 Å². The predicted molar refractivity (Wildman–Crippen MR) is 135 cm³/mol. The van der Waals surface area contributed by atoms with Gasteiger partial charge in [0, 0.05) is 30.6 Å². The summed E-state index contributed by atoms with van der Waals surface area (Å²) in [7, 11) is 0. The summed E-state index contributed by atoms with van der Waals surface area (Å²) < 4.78 is 7.30. The topological polar surface area (TPSA) is 90.0 Å². The van der Waals surface area contributed by atoms with E-state index in [2.05, 4.69) is 0 Å². The molecule has 0 unspecified atom stereocenters. The van der Waals surface area contributed by atoms with Crippen LogP contribution in [0.15, 0.2) is 76.8 Å². The molecule has 0 saturated carbocycles. The van der Waals surface area contributed by atoms with Crippen LogP contribution in [0.5, 0.6) is 5.75 Å². The number of nitro groups is 1. The molecule has 3 aromatic rings. The van der Waals surface area contributed by atoms with Gasteiger partial charge in [0.25, 0.3) is 11.6 Å². The minimum atomic E-state index is -0.423. The number of ether oxygens (including phenoxy) is 1. The molecular formula is C25H24N4O4S. The van der Waals surface area contributed by atoms with E-state index in [9.17, 15) is 14.9 Å². The van der Waals surface area contributed by atoms with E-state index < -0.39 is 4.92 Å². The maximum absolute atomic E-state index is 13.2. The molecule has 0 spiro atoms. The number of thioether (sulfide) groups is 1. The van der Waals surface area contributed by atoms with Gasteiger partial charge in [0.05, 0.1) is 27.8 Å². The highest BCUT2D eigenvalue weighted by Crippen LogP contribution is 2.35. The zero-order valence-corrected chi connectivity index (χ0v) is 19.7. The van der Waals surface area contributed by atoms with Crippen LogP contribution in [-0.2, 0) is 4.79 Å². The average Bonchev–Trinajstić information content (AvgIpc) is 3.41. The smallest absolute Gasteiger partial charge is 0.271 e. The van der Waals surface area contributed by atoms with Crippen molar-refractivity contribution in [1.82, 2.24) is 9.47 Å². The molecule has 0 N–H and O–H groups in total. The number of hydrogen-bond donors (Lipinski definition) is 0. The van der Waals surface area contributed by atoms with Gasteiger partial charge in [0.15, 0.2) is 5.17 Å². The fourth-order valence-electron chi connectivity index (χ4n) is 3.54. The third-order valence-electron chi connectivity index (χ3n) is 5.09. The maximum atomic E-state index is 13.2. The van der Waals surface area contributed by atoms with E-state index in [-0.39, 0.29) is 11.6 Å². The third kappa shape index (κ3) is 5.04. The molecule has 0 atom stereocenters. The fourth-order valence-corrected chi connectivity index (χ4v) is 4.55. The van der Waals surface area contributed by atoms with Crippen LogP contribution in [0.1, 0.15) is 26.0 Å². The van der Waals surface area contributed by atoms with Crippen LogP contribution in [0.2, 0.25) is 0 Å². The summed E-state index contributed by atoms with van der Waals surface area (Å²) in [6.07, 6.45) is 4.41. The van der Waals surface area contributed by atoms with Crippen molar-refractivity contribution in [3.05, 3.63) is 87.6 Å². The lowest BCUT2D eigenvalue weighted by atomic mass is 10.2. The van der Waals surface area contributed by atoms with Crippen LogP contribution in [0.3, 0.4) is 0 Å². The zero-order valence-electron chi connectivity index (χ0n) is 18.9. The van der Waals surface area contributed by atoms with Crippen LogP contribution in [0.4, 0.5) is 11.4 Å². The Hall–Kier alpha value is -3.85. The Morgan fingerprint density at radius 1 is 1.12 bits per heavy atom. The number of amides is 1. The minimum Gasteiger partial charge on any atom is -0.494 e. The molecule has 8 nitrogen and oxygen atoms in total. The van der Waals surface area contributed by atoms with Gasteiger partial charge in [-0.05, 0) is 73.6 Å². The average molecular weight is 477 g/mol. The summed E-state index contributed by atoms with van der Waals surface area (Å²) in [6.45, 7) is 5.10. The number of hydrogen-bond acceptors (Lipinski definition) is 6. The number of nitro benzene ring substituents is 1. The van der Waals surface area contributed by atoms with Gasteiger partial charge in [-0.3, -0.25) is 19.8 Å². The Bertz CT molecular complexity index is 1260. The summed E-state index contributed by atoms with van der Waals surface area (Å²) in [6, 6.07) is 17.5. The monoisotopic (exact) mass is 476 g/mol. The summed E-state index contributed by atoms with van der Waals surface area (Å²) >= 11 is 1.32. The van der Waals surface area contributed by atoms with Gasteiger partial charge in [-0.2, -0.15) is 0 Å². The van der Waals surface area contributed by atoms with Gasteiger partial charge in [0.1, 0.15) is 5.75 Å². The van der Waals surface area contributed by atoms with Gasteiger partial charge >= 0.3 is 0 Å². The van der Waals surface area contributed by atoms with Gasteiger partial charge in [0.2, 0.25) is 0 Å². The van der Waals surface area contributed by atoms with E-state index in [0.717, 1.165) is 23.6 Å². The summed E-state index contributed by atoms with van der Waals surface area (Å²) in [4.78, 5) is 30.9. The summed E-state index contributed by atoms with van der Waals surface area (Å²) in [5, 5.41) is 11.8. The molecule has 2 aromatic carbocycles. The lowest BCUT2D eigenvalue weighted by Gasteiger charge is -2.14. The summed E-state index contributed by atoms with van der Waals surface area (Å²) in [5.41, 5.74) is 2.14. The first-order chi connectivity index (χ1) is 16.5. The van der Waals surface area contributed by atoms with Crippen molar-refractivity contribution >= 4 is 40.3 Å². The van der Waals surface area contributed by atoms with E-state index in [1.165, 1.54) is 23.9 Å². The highest BCUT2D eigenvalue weighted by molar-refractivity contribution is 8.18. The second-order valence-electron chi connectivity index (χ2n) is 7.47. The third-order valence-corrected chi connectivity index (χ3v) is 6.09. The molecule has 1 aliphatic heterocycles. The molecule has 1 aliphatic rings. The lowest BCUT2D eigenvalue weighted by molar-refractivity contribution is -0.384. The van der Waals surface area contributed by atoms with E-state index in [1.54, 1.807) is 23.1 Å². The molecule has 1 amide bonds. The van der Waals surface area contributed by atoms with Crippen molar-refractivity contribution in [3.8, 4) is 11.4 Å². The van der Waals surface area contributed by atoms with E-state index in [1.807, 2.05) is 61.0 Å². The van der Waals surface area contributed by atoms with Crippen molar-refractivity contribution < 1.29 is 14.5 Å². The number of benzene rings is 2. The molecule has 0 radical (unpaired) electrons. The number of amidine groups is 1. The molecule has 1 fully saturated rings. The zero-order chi connectivity index (χ0) is 24.1. The first kappa shape index (κ1) is 23.3. The number of nitrogens with zero attached hydrogens (tertiary/aromatic N) is 4. The van der Waals surface area contributed by atoms with Crippen LogP contribution in [0, 0.1) is 10.1 Å². The number of aromatic nitrogens is 1. The number of carbonyl (C=O) groups excluding carboxylic acids is 1. The van der Waals surface area contributed by atoms with Gasteiger partial charge < -0.3 is 9.30 Å². The second-order valence-corrected chi connectivity index (χ2v) is 8.48. The van der Waals surface area contributed by atoms with Gasteiger partial charge in [-0.15, -0.1) is 0 Å². The van der Waals surface area contributed by atoms with Gasteiger partial charge in [-0.25, -0.2) is 4.99 Å². The fraction of sp³-hybridized carbons (Fsp3) is 0.200. The number of rotatable bonds is 8. The normalized spacial score (nSPS) is 15.9. The second kappa shape index (κ2) is 10.4. The van der Waals surface area contributed by atoms with Crippen LogP contribution in [0.25, 0.3) is 11.8 Å². The highest BCUT2D eigenvalue weighted by atomic mass is 32.2.